The average molecular weight is 354 g/mol. The van der Waals surface area contributed by atoms with E-state index in [0.717, 1.165) is 12.1 Å². The highest BCUT2D eigenvalue weighted by atomic mass is 19.2. The molecular formula is C17H20F2N2O4. The molecule has 2 saturated heterocycles. The fourth-order valence-electron chi connectivity index (χ4n) is 3.12. The minimum Gasteiger partial charge on any atom is -0.347 e. The van der Waals surface area contributed by atoms with Crippen LogP contribution in [-0.4, -0.2) is 66.8 Å². The van der Waals surface area contributed by atoms with E-state index in [1.807, 2.05) is 0 Å². The lowest BCUT2D eigenvalue weighted by atomic mass is 10.1. The Labute approximate surface area is 144 Å². The zero-order valence-corrected chi connectivity index (χ0v) is 14.0. The van der Waals surface area contributed by atoms with Crippen LogP contribution in [0.15, 0.2) is 18.2 Å². The summed E-state index contributed by atoms with van der Waals surface area (Å²) in [6.07, 6.45) is 0.682. The van der Waals surface area contributed by atoms with Crippen LogP contribution in [0.3, 0.4) is 0 Å². The normalized spacial score (nSPS) is 24.3. The molecule has 0 aliphatic carbocycles. The van der Waals surface area contributed by atoms with E-state index < -0.39 is 23.3 Å². The molecular weight excluding hydrogens is 334 g/mol. The van der Waals surface area contributed by atoms with Gasteiger partial charge in [0.25, 0.3) is 5.91 Å². The van der Waals surface area contributed by atoms with Crippen LogP contribution in [0.1, 0.15) is 23.7 Å². The van der Waals surface area contributed by atoms with Gasteiger partial charge in [0, 0.05) is 25.6 Å². The number of morpholine rings is 1. The van der Waals surface area contributed by atoms with E-state index in [-0.39, 0.29) is 31.2 Å². The highest BCUT2D eigenvalue weighted by molar-refractivity contribution is 5.94. The van der Waals surface area contributed by atoms with Crippen LogP contribution in [-0.2, 0) is 14.3 Å². The molecule has 0 N–H and O–H groups in total. The molecule has 0 radical (unpaired) electrons. The summed E-state index contributed by atoms with van der Waals surface area (Å²) in [5, 5.41) is 0. The van der Waals surface area contributed by atoms with Gasteiger partial charge in [-0.15, -0.1) is 0 Å². The quantitative estimate of drug-likeness (QED) is 0.765. The third kappa shape index (κ3) is 3.80. The van der Waals surface area contributed by atoms with Crippen molar-refractivity contribution in [2.24, 2.45) is 0 Å². The van der Waals surface area contributed by atoms with Crippen molar-refractivity contribution in [3.8, 4) is 0 Å². The second-order valence-corrected chi connectivity index (χ2v) is 6.26. The van der Waals surface area contributed by atoms with Crippen molar-refractivity contribution >= 4 is 11.8 Å². The van der Waals surface area contributed by atoms with Crippen molar-refractivity contribution in [2.75, 3.05) is 39.4 Å². The van der Waals surface area contributed by atoms with Crippen LogP contribution < -0.4 is 0 Å². The summed E-state index contributed by atoms with van der Waals surface area (Å²) in [5.74, 6) is -3.67. The van der Waals surface area contributed by atoms with E-state index in [4.69, 9.17) is 9.47 Å². The Morgan fingerprint density at radius 3 is 2.48 bits per heavy atom. The van der Waals surface area contributed by atoms with E-state index in [1.54, 1.807) is 4.90 Å². The monoisotopic (exact) mass is 354 g/mol. The second-order valence-electron chi connectivity index (χ2n) is 6.26. The second kappa shape index (κ2) is 7.05. The number of halogens is 2. The largest absolute Gasteiger partial charge is 0.347 e. The molecule has 3 rings (SSSR count). The zero-order valence-electron chi connectivity index (χ0n) is 14.0. The number of nitrogens with zero attached hydrogens (tertiary/aromatic N) is 2. The fourth-order valence-corrected chi connectivity index (χ4v) is 3.12. The minimum absolute atomic E-state index is 0.0630. The molecule has 2 heterocycles. The Balaban J connectivity index is 1.78. The maximum absolute atomic E-state index is 13.4. The maximum Gasteiger partial charge on any atom is 0.254 e. The Bertz CT molecular complexity index is 685. The molecule has 1 spiro atoms. The van der Waals surface area contributed by atoms with Crippen molar-refractivity contribution in [1.29, 1.82) is 0 Å². The summed E-state index contributed by atoms with van der Waals surface area (Å²) in [5.41, 5.74) is 0.0630. The molecule has 8 heteroatoms. The average Bonchev–Trinajstić information content (AvgIpc) is 2.79. The summed E-state index contributed by atoms with van der Waals surface area (Å²) in [6, 6.07) is 3.06. The standard InChI is InChI=1S/C17H20F2N2O4/c1-12(22)20-5-2-7-24-17(10-20)11-21(6-8-25-17)16(23)13-3-4-14(18)15(19)9-13/h3-4,9H,2,5-8,10-11H2,1H3. The van der Waals surface area contributed by atoms with E-state index >= 15 is 0 Å². The summed E-state index contributed by atoms with van der Waals surface area (Å²) in [6.45, 7) is 3.35. The minimum atomic E-state index is -1.09. The van der Waals surface area contributed by atoms with Crippen molar-refractivity contribution < 1.29 is 27.8 Å². The predicted octanol–water partition coefficient (Wildman–Crippen LogP) is 1.40. The summed E-state index contributed by atoms with van der Waals surface area (Å²) in [4.78, 5) is 27.5. The molecule has 0 saturated carbocycles. The van der Waals surface area contributed by atoms with Gasteiger partial charge >= 0.3 is 0 Å². The molecule has 1 unspecified atom stereocenters. The highest BCUT2D eigenvalue weighted by Crippen LogP contribution is 2.25. The Hall–Kier alpha value is -2.06. The first-order valence-electron chi connectivity index (χ1n) is 8.18. The van der Waals surface area contributed by atoms with Crippen molar-refractivity contribution in [1.82, 2.24) is 9.80 Å². The molecule has 6 nitrogen and oxygen atoms in total. The molecule has 1 aromatic rings. The maximum atomic E-state index is 13.4. The molecule has 2 amide bonds. The number of ether oxygens (including phenoxy) is 2. The first kappa shape index (κ1) is 17.8. The number of hydrogen-bond donors (Lipinski definition) is 0. The lowest BCUT2D eigenvalue weighted by molar-refractivity contribution is -0.260. The van der Waals surface area contributed by atoms with Gasteiger partial charge in [0.05, 0.1) is 26.3 Å². The Morgan fingerprint density at radius 2 is 1.76 bits per heavy atom. The van der Waals surface area contributed by atoms with Crippen LogP contribution in [0, 0.1) is 11.6 Å². The fraction of sp³-hybridized carbons (Fsp3) is 0.529. The van der Waals surface area contributed by atoms with Gasteiger partial charge < -0.3 is 19.3 Å². The third-order valence-electron chi connectivity index (χ3n) is 4.43. The topological polar surface area (TPSA) is 59.1 Å². The molecule has 2 aliphatic heterocycles. The smallest absolute Gasteiger partial charge is 0.254 e. The van der Waals surface area contributed by atoms with Crippen molar-refractivity contribution in [3.05, 3.63) is 35.4 Å². The first-order valence-corrected chi connectivity index (χ1v) is 8.18. The van der Waals surface area contributed by atoms with Gasteiger partial charge in [-0.25, -0.2) is 8.78 Å². The van der Waals surface area contributed by atoms with E-state index in [1.165, 1.54) is 17.9 Å². The van der Waals surface area contributed by atoms with E-state index in [2.05, 4.69) is 0 Å². The Kier molecular flexibility index (Phi) is 5.01. The first-order chi connectivity index (χ1) is 11.9. The van der Waals surface area contributed by atoms with Gasteiger partial charge in [-0.1, -0.05) is 0 Å². The summed E-state index contributed by atoms with van der Waals surface area (Å²) in [7, 11) is 0. The van der Waals surface area contributed by atoms with Crippen molar-refractivity contribution in [2.45, 2.75) is 19.1 Å². The molecule has 136 valence electrons. The van der Waals surface area contributed by atoms with E-state index in [0.29, 0.717) is 26.1 Å². The number of hydrogen-bond acceptors (Lipinski definition) is 4. The lowest BCUT2D eigenvalue weighted by Crippen LogP contribution is -2.59. The van der Waals surface area contributed by atoms with E-state index in [9.17, 15) is 18.4 Å². The molecule has 0 aromatic heterocycles. The van der Waals surface area contributed by atoms with Gasteiger partial charge in [0.2, 0.25) is 11.7 Å². The molecule has 1 aromatic carbocycles. The number of carbonyl (C=O) groups excluding carboxylic acids is 2. The molecule has 1 atom stereocenters. The van der Waals surface area contributed by atoms with Crippen LogP contribution in [0.4, 0.5) is 8.78 Å². The van der Waals surface area contributed by atoms with Gasteiger partial charge in [0.1, 0.15) is 0 Å². The molecule has 2 fully saturated rings. The predicted molar refractivity (Wildman–Crippen MR) is 83.8 cm³/mol. The summed E-state index contributed by atoms with van der Waals surface area (Å²) < 4.78 is 38.1. The van der Waals surface area contributed by atoms with Gasteiger partial charge in [-0.3, -0.25) is 9.59 Å². The van der Waals surface area contributed by atoms with Crippen LogP contribution in [0.25, 0.3) is 0 Å². The number of carbonyl (C=O) groups is 2. The molecule has 25 heavy (non-hydrogen) atoms. The number of rotatable bonds is 1. The number of benzene rings is 1. The molecule has 2 aliphatic rings. The van der Waals surface area contributed by atoms with Crippen LogP contribution in [0.5, 0.6) is 0 Å². The van der Waals surface area contributed by atoms with Gasteiger partial charge in [0.15, 0.2) is 11.6 Å². The van der Waals surface area contributed by atoms with Gasteiger partial charge in [-0.2, -0.15) is 0 Å². The van der Waals surface area contributed by atoms with Gasteiger partial charge in [-0.05, 0) is 24.6 Å². The third-order valence-corrected chi connectivity index (χ3v) is 4.43. The van der Waals surface area contributed by atoms with Crippen LogP contribution in [0.2, 0.25) is 0 Å². The summed E-state index contributed by atoms with van der Waals surface area (Å²) >= 11 is 0. The highest BCUT2D eigenvalue weighted by Gasteiger charge is 2.43. The number of amides is 2. The molecule has 0 bridgehead atoms. The Morgan fingerprint density at radius 1 is 1.04 bits per heavy atom. The SMILES string of the molecule is CC(=O)N1CCCOC2(C1)CN(C(=O)c1ccc(F)c(F)c1)CCO2. The lowest BCUT2D eigenvalue weighted by Gasteiger charge is -2.43. The zero-order chi connectivity index (χ0) is 18.0. The van der Waals surface area contributed by atoms with Crippen LogP contribution >= 0.6 is 0 Å². The van der Waals surface area contributed by atoms with Crippen molar-refractivity contribution in [3.63, 3.8) is 0 Å².